The second-order valence-electron chi connectivity index (χ2n) is 3.93. The van der Waals surface area contributed by atoms with Gasteiger partial charge < -0.3 is 15.8 Å². The van der Waals surface area contributed by atoms with Crippen LogP contribution >= 0.6 is 0 Å². The molecule has 0 aliphatic rings. The molecule has 3 N–H and O–H groups in total. The second-order valence-corrected chi connectivity index (χ2v) is 5.41. The number of aromatic nitrogens is 3. The summed E-state index contributed by atoms with van der Waals surface area (Å²) in [5.41, 5.74) is 5.57. The summed E-state index contributed by atoms with van der Waals surface area (Å²) in [6, 6.07) is 0.188. The van der Waals surface area contributed by atoms with Crippen LogP contribution in [0.1, 0.15) is 20.3 Å². The van der Waals surface area contributed by atoms with Crippen LogP contribution in [0.5, 0.6) is 6.01 Å². The molecule has 0 amide bonds. The van der Waals surface area contributed by atoms with Gasteiger partial charge in [-0.05, 0) is 13.3 Å². The lowest BCUT2D eigenvalue weighted by Crippen LogP contribution is -2.24. The molecular weight excluding hydrogens is 254 g/mol. The number of ether oxygens (including phenoxy) is 1. The number of hydrogen-bond acceptors (Lipinski definition) is 7. The van der Waals surface area contributed by atoms with Crippen LogP contribution in [0, 0.1) is 0 Å². The molecule has 0 aliphatic heterocycles. The van der Waals surface area contributed by atoms with Gasteiger partial charge in [-0.2, -0.15) is 15.0 Å². The Morgan fingerprint density at radius 2 is 2.17 bits per heavy atom. The number of nitrogen functional groups attached to an aromatic ring is 1. The Bertz CT molecular complexity index is 415. The minimum Gasteiger partial charge on any atom is -0.463 e. The average molecular weight is 273 g/mol. The molecule has 7 nitrogen and oxygen atoms in total. The first-order chi connectivity index (χ1) is 8.51. The molecule has 2 atom stereocenters. The van der Waals surface area contributed by atoms with E-state index in [1.54, 1.807) is 6.26 Å². The van der Waals surface area contributed by atoms with Crippen molar-refractivity contribution >= 4 is 22.7 Å². The Balaban J connectivity index is 2.69. The number of rotatable bonds is 7. The molecule has 102 valence electrons. The van der Waals surface area contributed by atoms with Crippen LogP contribution in [0.4, 0.5) is 11.9 Å². The minimum absolute atomic E-state index is 0.0170. The first-order valence-corrected chi connectivity index (χ1v) is 7.45. The standard InChI is InChI=1S/C10H19N5O2S/c1-4-5-17-10-14-8(11)13-9(15-10)12-7(2)6-18(3)16/h7H,4-6H2,1-3H3,(H3,11,12,13,14,15). The summed E-state index contributed by atoms with van der Waals surface area (Å²) < 4.78 is 16.4. The predicted molar refractivity (Wildman–Crippen MR) is 72.0 cm³/mol. The molecule has 0 bridgehead atoms. The van der Waals surface area contributed by atoms with Gasteiger partial charge in [0.15, 0.2) is 0 Å². The Hall–Kier alpha value is -1.44. The van der Waals surface area contributed by atoms with Crippen molar-refractivity contribution in [1.29, 1.82) is 0 Å². The molecule has 0 spiro atoms. The monoisotopic (exact) mass is 273 g/mol. The van der Waals surface area contributed by atoms with E-state index in [1.807, 2.05) is 13.8 Å². The van der Waals surface area contributed by atoms with Crippen molar-refractivity contribution in [3.8, 4) is 6.01 Å². The fourth-order valence-corrected chi connectivity index (χ4v) is 2.10. The summed E-state index contributed by atoms with van der Waals surface area (Å²) in [6.45, 7) is 4.41. The molecule has 1 rings (SSSR count). The van der Waals surface area contributed by atoms with E-state index in [0.717, 1.165) is 6.42 Å². The topological polar surface area (TPSA) is 103 Å². The lowest BCUT2D eigenvalue weighted by molar-refractivity contribution is 0.292. The number of hydrogen-bond donors (Lipinski definition) is 2. The highest BCUT2D eigenvalue weighted by Gasteiger charge is 2.09. The smallest absolute Gasteiger partial charge is 0.323 e. The normalized spacial score (nSPS) is 13.9. The lowest BCUT2D eigenvalue weighted by atomic mass is 10.4. The Morgan fingerprint density at radius 3 is 2.78 bits per heavy atom. The number of anilines is 2. The summed E-state index contributed by atoms with van der Waals surface area (Å²) >= 11 is 0. The van der Waals surface area contributed by atoms with Crippen molar-refractivity contribution in [3.05, 3.63) is 0 Å². The molecule has 0 aromatic carbocycles. The summed E-state index contributed by atoms with van der Waals surface area (Å²) in [4.78, 5) is 11.9. The zero-order chi connectivity index (χ0) is 13.5. The van der Waals surface area contributed by atoms with Crippen molar-refractivity contribution in [1.82, 2.24) is 15.0 Å². The van der Waals surface area contributed by atoms with Gasteiger partial charge in [-0.1, -0.05) is 6.92 Å². The van der Waals surface area contributed by atoms with E-state index >= 15 is 0 Å². The molecule has 0 fully saturated rings. The number of nitrogens with two attached hydrogens (primary N) is 1. The first kappa shape index (κ1) is 14.6. The van der Waals surface area contributed by atoms with E-state index in [9.17, 15) is 4.21 Å². The van der Waals surface area contributed by atoms with Crippen LogP contribution in [0.25, 0.3) is 0 Å². The third-order valence-electron chi connectivity index (χ3n) is 1.93. The third kappa shape index (κ3) is 5.26. The van der Waals surface area contributed by atoms with Gasteiger partial charge in [-0.25, -0.2) is 0 Å². The molecular formula is C10H19N5O2S. The van der Waals surface area contributed by atoms with Crippen molar-refractivity contribution in [3.63, 3.8) is 0 Å². The Morgan fingerprint density at radius 1 is 1.44 bits per heavy atom. The van der Waals surface area contributed by atoms with Crippen molar-refractivity contribution in [2.24, 2.45) is 0 Å². The van der Waals surface area contributed by atoms with E-state index in [0.29, 0.717) is 18.3 Å². The number of nitrogens with zero attached hydrogens (tertiary/aromatic N) is 3. The van der Waals surface area contributed by atoms with Crippen molar-refractivity contribution in [2.45, 2.75) is 26.3 Å². The van der Waals surface area contributed by atoms with Gasteiger partial charge >= 0.3 is 6.01 Å². The van der Waals surface area contributed by atoms with Crippen molar-refractivity contribution in [2.75, 3.05) is 29.7 Å². The summed E-state index contributed by atoms with van der Waals surface area (Å²) in [6.07, 6.45) is 2.51. The van der Waals surface area contributed by atoms with E-state index in [1.165, 1.54) is 0 Å². The quantitative estimate of drug-likeness (QED) is 0.742. The first-order valence-electron chi connectivity index (χ1n) is 5.72. The molecule has 8 heteroatoms. The van der Waals surface area contributed by atoms with Crippen LogP contribution < -0.4 is 15.8 Å². The van der Waals surface area contributed by atoms with Gasteiger partial charge in [0, 0.05) is 28.9 Å². The fraction of sp³-hybridized carbons (Fsp3) is 0.700. The van der Waals surface area contributed by atoms with Gasteiger partial charge in [-0.3, -0.25) is 4.21 Å². The zero-order valence-electron chi connectivity index (χ0n) is 10.8. The van der Waals surface area contributed by atoms with Gasteiger partial charge in [-0.15, -0.1) is 0 Å². The fourth-order valence-electron chi connectivity index (χ4n) is 1.31. The summed E-state index contributed by atoms with van der Waals surface area (Å²) in [5, 5.41) is 3.02. The van der Waals surface area contributed by atoms with Gasteiger partial charge in [0.2, 0.25) is 11.9 Å². The van der Waals surface area contributed by atoms with E-state index in [-0.39, 0.29) is 18.0 Å². The highest BCUT2D eigenvalue weighted by atomic mass is 32.2. The van der Waals surface area contributed by atoms with E-state index in [2.05, 4.69) is 20.3 Å². The second kappa shape index (κ2) is 7.10. The zero-order valence-corrected chi connectivity index (χ0v) is 11.7. The summed E-state index contributed by atoms with van der Waals surface area (Å²) in [5.74, 6) is 0.950. The number of nitrogens with one attached hydrogen (secondary N) is 1. The van der Waals surface area contributed by atoms with Gasteiger partial charge in [0.25, 0.3) is 0 Å². The molecule has 0 aliphatic carbocycles. The average Bonchev–Trinajstić information content (AvgIpc) is 2.24. The molecule has 1 aromatic heterocycles. The molecule has 0 radical (unpaired) electrons. The van der Waals surface area contributed by atoms with Crippen LogP contribution in [0.2, 0.25) is 0 Å². The van der Waals surface area contributed by atoms with Crippen LogP contribution in [0.15, 0.2) is 0 Å². The molecule has 1 aromatic rings. The highest BCUT2D eigenvalue weighted by Crippen LogP contribution is 2.10. The maximum atomic E-state index is 11.1. The minimum atomic E-state index is -0.881. The van der Waals surface area contributed by atoms with Gasteiger partial charge in [0.1, 0.15) is 0 Å². The molecule has 18 heavy (non-hydrogen) atoms. The highest BCUT2D eigenvalue weighted by molar-refractivity contribution is 7.84. The van der Waals surface area contributed by atoms with Gasteiger partial charge in [0.05, 0.1) is 6.61 Å². The Labute approximate surface area is 109 Å². The summed E-state index contributed by atoms with van der Waals surface area (Å²) in [7, 11) is -0.881. The largest absolute Gasteiger partial charge is 0.463 e. The molecule has 0 saturated heterocycles. The predicted octanol–water partition coefficient (Wildman–Crippen LogP) is 0.421. The SMILES string of the molecule is CCCOc1nc(N)nc(NC(C)CS(C)=O)n1. The van der Waals surface area contributed by atoms with Crippen LogP contribution in [-0.2, 0) is 10.8 Å². The van der Waals surface area contributed by atoms with Crippen LogP contribution in [0.3, 0.4) is 0 Å². The Kier molecular flexibility index (Phi) is 5.76. The van der Waals surface area contributed by atoms with E-state index in [4.69, 9.17) is 10.5 Å². The molecule has 2 unspecified atom stereocenters. The molecule has 0 saturated carbocycles. The van der Waals surface area contributed by atoms with E-state index < -0.39 is 10.8 Å². The van der Waals surface area contributed by atoms with Crippen molar-refractivity contribution < 1.29 is 8.95 Å². The lowest BCUT2D eigenvalue weighted by Gasteiger charge is -2.12. The van der Waals surface area contributed by atoms with Crippen LogP contribution in [-0.4, -0.2) is 43.8 Å². The molecule has 1 heterocycles. The third-order valence-corrected chi connectivity index (χ3v) is 2.90. The maximum Gasteiger partial charge on any atom is 0.323 e. The maximum absolute atomic E-state index is 11.1.